The Morgan fingerprint density at radius 2 is 0.854 bits per heavy atom. The summed E-state index contributed by atoms with van der Waals surface area (Å²) in [7, 11) is 0. The van der Waals surface area contributed by atoms with Crippen molar-refractivity contribution in [3.63, 3.8) is 0 Å². The molecule has 2 aliphatic rings. The van der Waals surface area contributed by atoms with Crippen LogP contribution in [-0.4, -0.2) is 11.4 Å². The van der Waals surface area contributed by atoms with Gasteiger partial charge in [-0.05, 0) is 53.4 Å². The predicted molar refractivity (Wildman–Crippen MR) is 170 cm³/mol. The van der Waals surface area contributed by atoms with Gasteiger partial charge < -0.3 is 0 Å². The van der Waals surface area contributed by atoms with Gasteiger partial charge in [0.2, 0.25) is 0 Å². The third-order valence-electron chi connectivity index (χ3n) is 8.06. The molecule has 0 radical (unpaired) electrons. The molecular weight excluding hydrogens is 500 g/mol. The minimum atomic E-state index is 0.132. The van der Waals surface area contributed by atoms with Gasteiger partial charge in [0.05, 0.1) is 34.9 Å². The Hall–Kier alpha value is -4.96. The highest BCUT2D eigenvalue weighted by Crippen LogP contribution is 2.40. The summed E-state index contributed by atoms with van der Waals surface area (Å²) in [6.45, 7) is 2.12. The van der Waals surface area contributed by atoms with Gasteiger partial charge in [0, 0.05) is 12.8 Å². The molecule has 2 atom stereocenters. The van der Waals surface area contributed by atoms with E-state index in [0.29, 0.717) is 0 Å². The average molecular weight is 533 g/mol. The summed E-state index contributed by atoms with van der Waals surface area (Å²) in [5.41, 5.74) is 10.6. The van der Waals surface area contributed by atoms with Crippen LogP contribution < -0.4 is 10.0 Å². The van der Waals surface area contributed by atoms with E-state index >= 15 is 0 Å². The van der Waals surface area contributed by atoms with Gasteiger partial charge in [-0.2, -0.15) is 10.2 Å². The van der Waals surface area contributed by atoms with E-state index < -0.39 is 0 Å². The SMILES string of the molecule is Cc1ccc(C2=NN(c3ccccc3)C(c3ccc(C4CC(c5ccccc5)=NN4c4ccccc4)cc3)C2)cc1. The van der Waals surface area contributed by atoms with E-state index in [1.54, 1.807) is 0 Å². The number of hydrogen-bond donors (Lipinski definition) is 0. The second-order valence-electron chi connectivity index (χ2n) is 10.8. The lowest BCUT2D eigenvalue weighted by Crippen LogP contribution is -2.20. The predicted octanol–water partition coefficient (Wildman–Crippen LogP) is 8.71. The van der Waals surface area contributed by atoms with Gasteiger partial charge in [-0.15, -0.1) is 0 Å². The molecule has 4 nitrogen and oxygen atoms in total. The quantitative estimate of drug-likeness (QED) is 0.219. The number of rotatable bonds is 6. The van der Waals surface area contributed by atoms with Crippen molar-refractivity contribution in [3.05, 3.63) is 167 Å². The summed E-state index contributed by atoms with van der Waals surface area (Å²) in [5, 5.41) is 14.6. The van der Waals surface area contributed by atoms with Crippen molar-refractivity contribution in [2.24, 2.45) is 10.2 Å². The zero-order valence-electron chi connectivity index (χ0n) is 23.1. The van der Waals surface area contributed by atoms with Gasteiger partial charge in [0.15, 0.2) is 0 Å². The summed E-state index contributed by atoms with van der Waals surface area (Å²) in [6.07, 6.45) is 1.72. The van der Waals surface area contributed by atoms with Crippen LogP contribution in [-0.2, 0) is 0 Å². The molecular formula is C37H32N4. The molecule has 2 heterocycles. The Bertz CT molecular complexity index is 1680. The second kappa shape index (κ2) is 10.9. The van der Waals surface area contributed by atoms with Gasteiger partial charge in [-0.25, -0.2) is 0 Å². The summed E-state index contributed by atoms with van der Waals surface area (Å²) in [5.74, 6) is 0. The first-order valence-electron chi connectivity index (χ1n) is 14.3. The molecule has 0 N–H and O–H groups in total. The first-order chi connectivity index (χ1) is 20.2. The fraction of sp³-hybridized carbons (Fsp3) is 0.135. The summed E-state index contributed by atoms with van der Waals surface area (Å²) >= 11 is 0. The van der Waals surface area contributed by atoms with Crippen LogP contribution in [0.2, 0.25) is 0 Å². The van der Waals surface area contributed by atoms with Crippen molar-refractivity contribution >= 4 is 22.8 Å². The molecule has 5 aromatic carbocycles. The molecule has 0 saturated heterocycles. The fourth-order valence-electron chi connectivity index (χ4n) is 5.84. The van der Waals surface area contributed by atoms with E-state index in [4.69, 9.17) is 10.2 Å². The van der Waals surface area contributed by atoms with Crippen LogP contribution in [0.3, 0.4) is 0 Å². The van der Waals surface area contributed by atoms with E-state index in [0.717, 1.165) is 35.6 Å². The standard InChI is InChI=1S/C37H32N4/c1-27-17-19-29(20-18-27)35-26-37(41(39-35)33-15-9-4-10-16-33)31-23-21-30(22-24-31)36-25-34(28-11-5-2-6-12-28)38-40(36)32-13-7-3-8-14-32/h2-24,36-37H,25-26H2,1H3. The maximum Gasteiger partial charge on any atom is 0.0831 e. The maximum atomic E-state index is 5.13. The lowest BCUT2D eigenvalue weighted by Gasteiger charge is -2.26. The number of aryl methyl sites for hydroxylation is 1. The largest absolute Gasteiger partial charge is 0.257 e. The zero-order chi connectivity index (χ0) is 27.6. The number of hydrazone groups is 2. The molecule has 0 spiro atoms. The number of anilines is 2. The van der Waals surface area contributed by atoms with Crippen LogP contribution in [0.5, 0.6) is 0 Å². The first-order valence-corrected chi connectivity index (χ1v) is 14.3. The molecule has 0 amide bonds. The number of nitrogens with zero attached hydrogens (tertiary/aromatic N) is 4. The van der Waals surface area contributed by atoms with Crippen LogP contribution in [0.4, 0.5) is 11.4 Å². The molecule has 0 saturated carbocycles. The Labute approximate surface area is 241 Å². The highest BCUT2D eigenvalue weighted by Gasteiger charge is 2.32. The molecule has 41 heavy (non-hydrogen) atoms. The molecule has 200 valence electrons. The van der Waals surface area contributed by atoms with Crippen molar-refractivity contribution in [1.29, 1.82) is 0 Å². The molecule has 2 aliphatic heterocycles. The average Bonchev–Trinajstić information content (AvgIpc) is 3.69. The number of hydrogen-bond acceptors (Lipinski definition) is 4. The molecule has 0 aromatic heterocycles. The van der Waals surface area contributed by atoms with Gasteiger partial charge in [-0.3, -0.25) is 10.0 Å². The lowest BCUT2D eigenvalue weighted by atomic mass is 9.94. The zero-order valence-corrected chi connectivity index (χ0v) is 23.1. The molecule has 0 bridgehead atoms. The smallest absolute Gasteiger partial charge is 0.0831 e. The second-order valence-corrected chi connectivity index (χ2v) is 10.8. The minimum absolute atomic E-state index is 0.132. The Morgan fingerprint density at radius 1 is 0.463 bits per heavy atom. The van der Waals surface area contributed by atoms with Crippen molar-refractivity contribution in [2.45, 2.75) is 31.8 Å². The summed E-state index contributed by atoms with van der Waals surface area (Å²) in [4.78, 5) is 0. The first kappa shape index (κ1) is 25.0. The van der Waals surface area contributed by atoms with Crippen molar-refractivity contribution in [3.8, 4) is 0 Å². The van der Waals surface area contributed by atoms with Gasteiger partial charge >= 0.3 is 0 Å². The van der Waals surface area contributed by atoms with E-state index in [2.05, 4.69) is 156 Å². The molecule has 5 aromatic rings. The molecule has 0 aliphatic carbocycles. The van der Waals surface area contributed by atoms with E-state index in [9.17, 15) is 0 Å². The fourth-order valence-corrected chi connectivity index (χ4v) is 5.84. The lowest BCUT2D eigenvalue weighted by molar-refractivity contribution is 0.696. The maximum absolute atomic E-state index is 5.13. The Balaban J connectivity index is 1.20. The third-order valence-corrected chi connectivity index (χ3v) is 8.06. The van der Waals surface area contributed by atoms with Crippen LogP contribution in [0.1, 0.15) is 52.7 Å². The number of benzene rings is 5. The van der Waals surface area contributed by atoms with Crippen molar-refractivity contribution in [1.82, 2.24) is 0 Å². The van der Waals surface area contributed by atoms with Crippen LogP contribution in [0.15, 0.2) is 150 Å². The molecule has 4 heteroatoms. The Morgan fingerprint density at radius 3 is 1.29 bits per heavy atom. The number of para-hydroxylation sites is 2. The van der Waals surface area contributed by atoms with Crippen LogP contribution in [0, 0.1) is 6.92 Å². The van der Waals surface area contributed by atoms with Gasteiger partial charge in [0.1, 0.15) is 0 Å². The molecule has 7 rings (SSSR count). The normalized spacial score (nSPS) is 18.4. The topological polar surface area (TPSA) is 31.2 Å². The third kappa shape index (κ3) is 5.05. The van der Waals surface area contributed by atoms with E-state index in [1.165, 1.54) is 27.8 Å². The van der Waals surface area contributed by atoms with Crippen molar-refractivity contribution in [2.75, 3.05) is 10.0 Å². The van der Waals surface area contributed by atoms with Crippen molar-refractivity contribution < 1.29 is 0 Å². The highest BCUT2D eigenvalue weighted by molar-refractivity contribution is 6.04. The Kier molecular flexibility index (Phi) is 6.65. The van der Waals surface area contributed by atoms with E-state index in [1.807, 2.05) is 0 Å². The van der Waals surface area contributed by atoms with Crippen LogP contribution >= 0.6 is 0 Å². The summed E-state index contributed by atoms with van der Waals surface area (Å²) in [6, 6.07) is 49.6. The highest BCUT2D eigenvalue weighted by atomic mass is 15.5. The van der Waals surface area contributed by atoms with Gasteiger partial charge in [0.25, 0.3) is 0 Å². The van der Waals surface area contributed by atoms with Gasteiger partial charge in [-0.1, -0.05) is 121 Å². The molecule has 0 fully saturated rings. The summed E-state index contributed by atoms with van der Waals surface area (Å²) < 4.78 is 0. The minimum Gasteiger partial charge on any atom is -0.257 e. The monoisotopic (exact) mass is 532 g/mol. The molecule has 2 unspecified atom stereocenters. The van der Waals surface area contributed by atoms with Crippen LogP contribution in [0.25, 0.3) is 0 Å². The van der Waals surface area contributed by atoms with E-state index in [-0.39, 0.29) is 12.1 Å².